The van der Waals surface area contributed by atoms with Gasteiger partial charge in [0, 0.05) is 17.8 Å². The van der Waals surface area contributed by atoms with Gasteiger partial charge in [-0.3, -0.25) is 0 Å². The summed E-state index contributed by atoms with van der Waals surface area (Å²) in [5.74, 6) is 1.57. The van der Waals surface area contributed by atoms with Crippen LogP contribution in [0.3, 0.4) is 0 Å². The van der Waals surface area contributed by atoms with Crippen LogP contribution in [0.2, 0.25) is 0 Å². The summed E-state index contributed by atoms with van der Waals surface area (Å²) >= 11 is 5.62. The lowest BCUT2D eigenvalue weighted by atomic mass is 10.2. The van der Waals surface area contributed by atoms with Crippen molar-refractivity contribution < 1.29 is 4.74 Å². The maximum atomic E-state index is 5.71. The average molecular weight is 291 g/mol. The highest BCUT2D eigenvalue weighted by atomic mass is 35.5. The van der Waals surface area contributed by atoms with Crippen LogP contribution in [0.4, 0.5) is 0 Å². The third kappa shape index (κ3) is 5.10. The van der Waals surface area contributed by atoms with Crippen molar-refractivity contribution >= 4 is 17.7 Å². The van der Waals surface area contributed by atoms with Crippen LogP contribution >= 0.6 is 11.6 Å². The average Bonchev–Trinajstić information content (AvgIpc) is 2.99. The van der Waals surface area contributed by atoms with Crippen LogP contribution in [0.1, 0.15) is 24.1 Å². The van der Waals surface area contributed by atoms with Gasteiger partial charge in [-0.15, -0.1) is 11.6 Å². The van der Waals surface area contributed by atoms with Crippen LogP contribution in [-0.4, -0.2) is 22.5 Å². The summed E-state index contributed by atoms with van der Waals surface area (Å²) in [7, 11) is 0. The van der Waals surface area contributed by atoms with E-state index < -0.39 is 0 Å². The Hall–Kier alpha value is -1.74. The Kier molecular flexibility index (Phi) is 6.18. The molecular formula is C16H19ClN2O. The number of H-pyrrole nitrogens is 1. The summed E-state index contributed by atoms with van der Waals surface area (Å²) < 4.78 is 5.71. The Morgan fingerprint density at radius 3 is 2.80 bits per heavy atom. The monoisotopic (exact) mass is 290 g/mol. The number of hydrogen-bond acceptors (Lipinski definition) is 2. The minimum atomic E-state index is 0.661. The van der Waals surface area contributed by atoms with E-state index in [0.717, 1.165) is 30.7 Å². The van der Waals surface area contributed by atoms with E-state index in [4.69, 9.17) is 16.3 Å². The van der Waals surface area contributed by atoms with Gasteiger partial charge in [0.05, 0.1) is 12.9 Å². The highest BCUT2D eigenvalue weighted by Crippen LogP contribution is 2.14. The zero-order valence-corrected chi connectivity index (χ0v) is 12.1. The Morgan fingerprint density at radius 2 is 2.10 bits per heavy atom. The molecule has 3 nitrogen and oxygen atoms in total. The summed E-state index contributed by atoms with van der Waals surface area (Å²) in [4.78, 5) is 7.07. The molecule has 0 saturated carbocycles. The number of aromatic nitrogens is 2. The number of ether oxygens (including phenoxy) is 1. The molecule has 0 fully saturated rings. The minimum Gasteiger partial charge on any atom is -0.494 e. The van der Waals surface area contributed by atoms with Crippen molar-refractivity contribution in [3.63, 3.8) is 0 Å². The third-order valence-corrected chi connectivity index (χ3v) is 3.10. The first-order valence-corrected chi connectivity index (χ1v) is 7.34. The summed E-state index contributed by atoms with van der Waals surface area (Å²) in [6.07, 6.45) is 10.5. The number of nitrogens with zero attached hydrogens (tertiary/aromatic N) is 1. The SMILES string of the molecule is ClCC/C=C/c1ccc(OCCCc2cnc[nH]2)cc1. The zero-order valence-electron chi connectivity index (χ0n) is 11.4. The first kappa shape index (κ1) is 14.7. The van der Waals surface area contributed by atoms with Gasteiger partial charge in [-0.25, -0.2) is 4.98 Å². The second-order valence-corrected chi connectivity index (χ2v) is 4.86. The first-order valence-electron chi connectivity index (χ1n) is 6.81. The van der Waals surface area contributed by atoms with Crippen LogP contribution in [-0.2, 0) is 6.42 Å². The van der Waals surface area contributed by atoms with Gasteiger partial charge in [0.15, 0.2) is 0 Å². The lowest BCUT2D eigenvalue weighted by Gasteiger charge is -2.05. The largest absolute Gasteiger partial charge is 0.494 e. The normalized spacial score (nSPS) is 11.1. The van der Waals surface area contributed by atoms with Crippen molar-refractivity contribution in [1.29, 1.82) is 0 Å². The molecule has 20 heavy (non-hydrogen) atoms. The van der Waals surface area contributed by atoms with Gasteiger partial charge in [-0.05, 0) is 37.0 Å². The van der Waals surface area contributed by atoms with Crippen LogP contribution in [0.5, 0.6) is 5.75 Å². The number of hydrogen-bond donors (Lipinski definition) is 1. The molecule has 0 aliphatic heterocycles. The third-order valence-electron chi connectivity index (χ3n) is 2.88. The van der Waals surface area contributed by atoms with Gasteiger partial charge in [-0.2, -0.15) is 0 Å². The van der Waals surface area contributed by atoms with Crippen molar-refractivity contribution in [3.8, 4) is 5.75 Å². The molecule has 1 aromatic carbocycles. The summed E-state index contributed by atoms with van der Waals surface area (Å²) in [5, 5.41) is 0. The molecule has 0 spiro atoms. The van der Waals surface area contributed by atoms with Crippen molar-refractivity contribution in [2.45, 2.75) is 19.3 Å². The predicted octanol–water partition coefficient (Wildman–Crippen LogP) is 4.06. The molecule has 0 saturated heterocycles. The molecule has 1 heterocycles. The quantitative estimate of drug-likeness (QED) is 0.588. The van der Waals surface area contributed by atoms with Crippen molar-refractivity contribution in [2.75, 3.05) is 12.5 Å². The number of rotatable bonds is 8. The number of aromatic amines is 1. The number of alkyl halides is 1. The van der Waals surface area contributed by atoms with E-state index >= 15 is 0 Å². The molecule has 2 rings (SSSR count). The van der Waals surface area contributed by atoms with E-state index in [1.54, 1.807) is 6.33 Å². The topological polar surface area (TPSA) is 37.9 Å². The maximum absolute atomic E-state index is 5.71. The molecule has 2 aromatic rings. The molecule has 0 unspecified atom stereocenters. The number of imidazole rings is 1. The molecule has 0 amide bonds. The summed E-state index contributed by atoms with van der Waals surface area (Å²) in [5.41, 5.74) is 2.31. The molecule has 0 radical (unpaired) electrons. The smallest absolute Gasteiger partial charge is 0.119 e. The molecule has 1 aromatic heterocycles. The van der Waals surface area contributed by atoms with Crippen molar-refractivity contribution in [3.05, 3.63) is 54.1 Å². The molecule has 0 aliphatic carbocycles. The van der Waals surface area contributed by atoms with Gasteiger partial charge in [0.1, 0.15) is 5.75 Å². The number of halogens is 1. The second kappa shape index (κ2) is 8.43. The fourth-order valence-corrected chi connectivity index (χ4v) is 1.96. The van der Waals surface area contributed by atoms with E-state index in [-0.39, 0.29) is 0 Å². The van der Waals surface area contributed by atoms with Crippen molar-refractivity contribution in [1.82, 2.24) is 9.97 Å². The fraction of sp³-hybridized carbons (Fsp3) is 0.312. The molecule has 0 aliphatic rings. The number of benzene rings is 1. The van der Waals surface area contributed by atoms with Gasteiger partial charge in [0.2, 0.25) is 0 Å². The van der Waals surface area contributed by atoms with Crippen molar-refractivity contribution in [2.24, 2.45) is 0 Å². The highest BCUT2D eigenvalue weighted by molar-refractivity contribution is 6.17. The molecule has 1 N–H and O–H groups in total. The maximum Gasteiger partial charge on any atom is 0.119 e. The first-order chi connectivity index (χ1) is 9.88. The minimum absolute atomic E-state index is 0.661. The lowest BCUT2D eigenvalue weighted by molar-refractivity contribution is 0.310. The van der Waals surface area contributed by atoms with Crippen LogP contribution < -0.4 is 4.74 Å². The summed E-state index contributed by atoms with van der Waals surface area (Å²) in [6.45, 7) is 0.709. The molecule has 0 atom stereocenters. The number of allylic oxidation sites excluding steroid dienone is 1. The van der Waals surface area contributed by atoms with E-state index in [2.05, 4.69) is 34.3 Å². The van der Waals surface area contributed by atoms with Gasteiger partial charge >= 0.3 is 0 Å². The molecule has 4 heteroatoms. The number of aryl methyl sites for hydroxylation is 1. The second-order valence-electron chi connectivity index (χ2n) is 4.48. The Morgan fingerprint density at radius 1 is 1.25 bits per heavy atom. The standard InChI is InChI=1S/C16H19ClN2O/c17-10-2-1-4-14-6-8-16(9-7-14)20-11-3-5-15-12-18-13-19-15/h1,4,6-9,12-13H,2-3,5,10-11H2,(H,18,19)/b4-1+. The lowest BCUT2D eigenvalue weighted by Crippen LogP contribution is -1.99. The Labute approximate surface area is 124 Å². The molecule has 106 valence electrons. The van der Waals surface area contributed by atoms with Crippen LogP contribution in [0.25, 0.3) is 6.08 Å². The Balaban J connectivity index is 1.70. The van der Waals surface area contributed by atoms with E-state index in [0.29, 0.717) is 12.5 Å². The van der Waals surface area contributed by atoms with E-state index in [9.17, 15) is 0 Å². The van der Waals surface area contributed by atoms with Crippen LogP contribution in [0, 0.1) is 0 Å². The molecule has 0 bridgehead atoms. The Bertz CT molecular complexity index is 506. The fourth-order valence-electron chi connectivity index (χ4n) is 1.83. The van der Waals surface area contributed by atoms with E-state index in [1.165, 1.54) is 5.56 Å². The van der Waals surface area contributed by atoms with E-state index in [1.807, 2.05) is 18.3 Å². The number of nitrogens with one attached hydrogen (secondary N) is 1. The van der Waals surface area contributed by atoms with Gasteiger partial charge in [-0.1, -0.05) is 24.3 Å². The molecular weight excluding hydrogens is 272 g/mol. The highest BCUT2D eigenvalue weighted by Gasteiger charge is 1.96. The van der Waals surface area contributed by atoms with Gasteiger partial charge < -0.3 is 9.72 Å². The zero-order chi connectivity index (χ0) is 14.0. The van der Waals surface area contributed by atoms with Gasteiger partial charge in [0.25, 0.3) is 0 Å². The van der Waals surface area contributed by atoms with Crippen LogP contribution in [0.15, 0.2) is 42.9 Å². The predicted molar refractivity (Wildman–Crippen MR) is 83.2 cm³/mol. The summed E-state index contributed by atoms with van der Waals surface area (Å²) in [6, 6.07) is 8.09.